The largest absolute Gasteiger partial charge is 0.480 e. The van der Waals surface area contributed by atoms with Crippen molar-refractivity contribution in [2.75, 3.05) is 19.8 Å². The average molecular weight is 543 g/mol. The number of aliphatic carboxylic acids is 1. The van der Waals surface area contributed by atoms with Crippen molar-refractivity contribution >= 4 is 35.0 Å². The lowest BCUT2D eigenvalue weighted by Crippen LogP contribution is -2.41. The summed E-state index contributed by atoms with van der Waals surface area (Å²) in [5.41, 5.74) is 2.29. The Labute approximate surface area is 225 Å². The van der Waals surface area contributed by atoms with E-state index in [4.69, 9.17) is 33.0 Å². The predicted octanol–water partition coefficient (Wildman–Crippen LogP) is 6.04. The van der Waals surface area contributed by atoms with Crippen LogP contribution < -0.4 is 5.32 Å². The fraction of sp³-hybridized carbons (Fsp3) is 0.593. The highest BCUT2D eigenvalue weighted by atomic mass is 35.5. The number of nitrogens with one attached hydrogen (secondary N) is 1. The SMILES string of the molecule is CCCCCCOCC(=O)CNC(CC(C)C)C(=O)O.CCc1cncn1Cc1cc(Cl)cc(Cl)c1. The van der Waals surface area contributed by atoms with Crippen LogP contribution in [-0.4, -0.2) is 52.2 Å². The molecule has 0 radical (unpaired) electrons. The quantitative estimate of drug-likeness (QED) is 0.251. The normalized spacial score (nSPS) is 11.8. The Morgan fingerprint density at radius 3 is 2.39 bits per heavy atom. The zero-order chi connectivity index (χ0) is 26.9. The molecular formula is C27H41Cl2N3O4. The fourth-order valence-electron chi connectivity index (χ4n) is 3.53. The van der Waals surface area contributed by atoms with Gasteiger partial charge in [-0.05, 0) is 48.9 Å². The lowest BCUT2D eigenvalue weighted by Gasteiger charge is -2.15. The van der Waals surface area contributed by atoms with Gasteiger partial charge in [-0.15, -0.1) is 0 Å². The van der Waals surface area contributed by atoms with E-state index in [-0.39, 0.29) is 24.9 Å². The van der Waals surface area contributed by atoms with Crippen LogP contribution >= 0.6 is 23.2 Å². The monoisotopic (exact) mass is 541 g/mol. The molecule has 1 atom stereocenters. The van der Waals surface area contributed by atoms with Gasteiger partial charge in [0.05, 0.1) is 12.9 Å². The summed E-state index contributed by atoms with van der Waals surface area (Å²) in [6.45, 7) is 9.64. The first-order valence-corrected chi connectivity index (χ1v) is 13.4. The van der Waals surface area contributed by atoms with Gasteiger partial charge in [-0.1, -0.05) is 70.2 Å². The Bertz CT molecular complexity index is 898. The average Bonchev–Trinajstić information content (AvgIpc) is 3.25. The van der Waals surface area contributed by atoms with E-state index in [1.54, 1.807) is 6.07 Å². The molecule has 0 fully saturated rings. The minimum Gasteiger partial charge on any atom is -0.480 e. The fourth-order valence-corrected chi connectivity index (χ4v) is 4.10. The van der Waals surface area contributed by atoms with Gasteiger partial charge in [0.25, 0.3) is 0 Å². The highest BCUT2D eigenvalue weighted by Crippen LogP contribution is 2.20. The molecule has 1 aromatic heterocycles. The number of unbranched alkanes of at least 4 members (excludes halogenated alkanes) is 3. The zero-order valence-electron chi connectivity index (χ0n) is 21.9. The molecular weight excluding hydrogens is 501 g/mol. The van der Waals surface area contributed by atoms with E-state index in [9.17, 15) is 9.59 Å². The summed E-state index contributed by atoms with van der Waals surface area (Å²) in [5, 5.41) is 13.1. The predicted molar refractivity (Wildman–Crippen MR) is 146 cm³/mol. The molecule has 0 aliphatic rings. The number of Topliss-reactive ketones (excluding diaryl/α,β-unsaturated/α-hetero) is 1. The summed E-state index contributed by atoms with van der Waals surface area (Å²) in [4.78, 5) is 26.7. The third kappa shape index (κ3) is 14.0. The minimum absolute atomic E-state index is 0.0542. The maximum Gasteiger partial charge on any atom is 0.320 e. The van der Waals surface area contributed by atoms with Crippen molar-refractivity contribution in [1.29, 1.82) is 0 Å². The van der Waals surface area contributed by atoms with Crippen molar-refractivity contribution in [2.24, 2.45) is 5.92 Å². The zero-order valence-corrected chi connectivity index (χ0v) is 23.4. The van der Waals surface area contributed by atoms with Gasteiger partial charge in [0.1, 0.15) is 12.6 Å². The summed E-state index contributed by atoms with van der Waals surface area (Å²) in [5.74, 6) is -0.740. The topological polar surface area (TPSA) is 93.4 Å². The number of ketones is 1. The van der Waals surface area contributed by atoms with E-state index in [2.05, 4.69) is 28.7 Å². The Balaban J connectivity index is 0.000000367. The molecule has 0 saturated heterocycles. The lowest BCUT2D eigenvalue weighted by atomic mass is 10.0. The molecule has 0 aliphatic heterocycles. The Morgan fingerprint density at radius 1 is 1.11 bits per heavy atom. The van der Waals surface area contributed by atoms with Crippen LogP contribution in [0.2, 0.25) is 10.0 Å². The van der Waals surface area contributed by atoms with Crippen LogP contribution in [-0.2, 0) is 27.3 Å². The molecule has 9 heteroatoms. The number of aryl methyl sites for hydroxylation is 1. The van der Waals surface area contributed by atoms with Crippen molar-refractivity contribution < 1.29 is 19.4 Å². The van der Waals surface area contributed by atoms with E-state index in [0.717, 1.165) is 31.4 Å². The third-order valence-electron chi connectivity index (χ3n) is 5.39. The first-order chi connectivity index (χ1) is 17.2. The van der Waals surface area contributed by atoms with Gasteiger partial charge in [0, 0.05) is 35.1 Å². The van der Waals surface area contributed by atoms with Gasteiger partial charge in [-0.25, -0.2) is 4.98 Å². The van der Waals surface area contributed by atoms with Crippen molar-refractivity contribution in [2.45, 2.75) is 78.8 Å². The van der Waals surface area contributed by atoms with Gasteiger partial charge < -0.3 is 14.4 Å². The van der Waals surface area contributed by atoms with E-state index >= 15 is 0 Å². The molecule has 0 bridgehead atoms. The number of carboxylic acid groups (broad SMARTS) is 1. The number of aromatic nitrogens is 2. The van der Waals surface area contributed by atoms with Crippen molar-refractivity contribution in [3.63, 3.8) is 0 Å². The maximum absolute atomic E-state index is 11.6. The summed E-state index contributed by atoms with van der Waals surface area (Å²) < 4.78 is 7.38. The molecule has 2 rings (SSSR count). The highest BCUT2D eigenvalue weighted by molar-refractivity contribution is 6.34. The maximum atomic E-state index is 11.6. The van der Waals surface area contributed by atoms with Crippen LogP contribution in [0.5, 0.6) is 0 Å². The molecule has 36 heavy (non-hydrogen) atoms. The number of imidazole rings is 1. The van der Waals surface area contributed by atoms with Gasteiger partial charge in [0.2, 0.25) is 0 Å². The van der Waals surface area contributed by atoms with Crippen LogP contribution in [0.4, 0.5) is 0 Å². The third-order valence-corrected chi connectivity index (χ3v) is 5.83. The second kappa shape index (κ2) is 18.3. The van der Waals surface area contributed by atoms with Gasteiger partial charge in [-0.3, -0.25) is 14.9 Å². The molecule has 1 heterocycles. The smallest absolute Gasteiger partial charge is 0.320 e. The highest BCUT2D eigenvalue weighted by Gasteiger charge is 2.19. The standard InChI is InChI=1S/C15H29NO4.C12H12Cl2N2/c1-4-5-6-7-8-20-11-13(17)10-16-14(15(18)19)9-12(2)3;1-2-12-6-15-8-16(12)7-9-3-10(13)5-11(14)4-9/h12,14,16H,4-11H2,1-3H3,(H,18,19);3-6,8H,2,7H2,1H3. The number of rotatable bonds is 16. The van der Waals surface area contributed by atoms with Crippen molar-refractivity contribution in [3.05, 3.63) is 52.0 Å². The molecule has 2 aromatic rings. The van der Waals surface area contributed by atoms with Gasteiger partial charge >= 0.3 is 5.97 Å². The molecule has 0 aliphatic carbocycles. The number of halogens is 2. The number of nitrogens with zero attached hydrogens (tertiary/aromatic N) is 2. The second-order valence-electron chi connectivity index (χ2n) is 9.20. The van der Waals surface area contributed by atoms with Crippen LogP contribution in [0.3, 0.4) is 0 Å². The summed E-state index contributed by atoms with van der Waals surface area (Å²) in [6.07, 6.45) is 9.65. The first kappa shape index (κ1) is 32.1. The van der Waals surface area contributed by atoms with Crippen LogP contribution in [0, 0.1) is 5.92 Å². The Morgan fingerprint density at radius 2 is 1.81 bits per heavy atom. The summed E-state index contributed by atoms with van der Waals surface area (Å²) in [6, 6.07) is 4.92. The molecule has 7 nitrogen and oxygen atoms in total. The molecule has 1 aromatic carbocycles. The summed E-state index contributed by atoms with van der Waals surface area (Å²) in [7, 11) is 0. The number of benzene rings is 1. The number of ether oxygens (including phenoxy) is 1. The Kier molecular flexibility index (Phi) is 16.3. The number of carbonyl (C=O) groups excluding carboxylic acids is 1. The molecule has 0 saturated carbocycles. The lowest BCUT2D eigenvalue weighted by molar-refractivity contribution is -0.140. The van der Waals surface area contributed by atoms with Gasteiger partial charge in [0.15, 0.2) is 5.78 Å². The van der Waals surface area contributed by atoms with Gasteiger partial charge in [-0.2, -0.15) is 0 Å². The molecule has 0 spiro atoms. The summed E-state index contributed by atoms with van der Waals surface area (Å²) >= 11 is 11.9. The second-order valence-corrected chi connectivity index (χ2v) is 10.1. The van der Waals surface area contributed by atoms with E-state index in [1.165, 1.54) is 18.5 Å². The van der Waals surface area contributed by atoms with E-state index in [0.29, 0.717) is 23.1 Å². The molecule has 2 N–H and O–H groups in total. The van der Waals surface area contributed by atoms with Crippen molar-refractivity contribution in [1.82, 2.24) is 14.9 Å². The molecule has 202 valence electrons. The van der Waals surface area contributed by atoms with Crippen molar-refractivity contribution in [3.8, 4) is 0 Å². The minimum atomic E-state index is -0.910. The van der Waals surface area contributed by atoms with Crippen LogP contribution in [0.15, 0.2) is 30.7 Å². The van der Waals surface area contributed by atoms with Crippen LogP contribution in [0.1, 0.15) is 71.1 Å². The van der Waals surface area contributed by atoms with E-state index in [1.807, 2.05) is 38.5 Å². The number of carbonyl (C=O) groups is 2. The number of hydrogen-bond acceptors (Lipinski definition) is 5. The first-order valence-electron chi connectivity index (χ1n) is 12.7. The number of hydrogen-bond donors (Lipinski definition) is 2. The molecule has 0 amide bonds. The number of carboxylic acids is 1. The van der Waals surface area contributed by atoms with E-state index < -0.39 is 12.0 Å². The molecule has 1 unspecified atom stereocenters. The Hall–Kier alpha value is -1.93. The van der Waals surface area contributed by atoms with Crippen LogP contribution in [0.25, 0.3) is 0 Å².